The molecule has 6 aromatic rings. The Morgan fingerprint density at radius 2 is 1.70 bits per heavy atom. The van der Waals surface area contributed by atoms with E-state index in [-0.39, 0.29) is 53.3 Å². The molecule has 4 aromatic heterocycles. The van der Waals surface area contributed by atoms with Gasteiger partial charge in [-0.1, -0.05) is 12.2 Å². The van der Waals surface area contributed by atoms with Crippen LogP contribution >= 0.6 is 11.3 Å². The van der Waals surface area contributed by atoms with Gasteiger partial charge < -0.3 is 45.2 Å². The van der Waals surface area contributed by atoms with Gasteiger partial charge in [-0.3, -0.25) is 33.5 Å². The number of carbonyl (C=O) groups is 5. The second-order valence-electron chi connectivity index (χ2n) is 14.5. The molecule has 2 aromatic carbocycles. The van der Waals surface area contributed by atoms with Gasteiger partial charge in [-0.2, -0.15) is 0 Å². The Kier molecular flexibility index (Phi) is 10.5. The molecule has 306 valence electrons. The minimum absolute atomic E-state index is 0.0794. The molecule has 18 heteroatoms. The lowest BCUT2D eigenvalue weighted by Gasteiger charge is -2.20. The Morgan fingerprint density at radius 3 is 2.48 bits per heavy atom. The van der Waals surface area contributed by atoms with Crippen molar-refractivity contribution in [2.24, 2.45) is 19.1 Å². The van der Waals surface area contributed by atoms with Crippen molar-refractivity contribution in [3.05, 3.63) is 107 Å². The minimum atomic E-state index is -0.532. The number of hydrogen-bond acceptors (Lipinski definition) is 11. The summed E-state index contributed by atoms with van der Waals surface area (Å²) in [5.41, 5.74) is 10.5. The van der Waals surface area contributed by atoms with Crippen molar-refractivity contribution >= 4 is 85.9 Å². The fourth-order valence-electron chi connectivity index (χ4n) is 7.19. The number of fused-ring (bicyclic) bond motifs is 3. The summed E-state index contributed by atoms with van der Waals surface area (Å²) in [6.07, 6.45) is 7.81. The molecule has 1 fully saturated rings. The second kappa shape index (κ2) is 16.1. The van der Waals surface area contributed by atoms with Crippen LogP contribution in [0.4, 0.5) is 27.9 Å². The molecule has 60 heavy (non-hydrogen) atoms. The van der Waals surface area contributed by atoms with Crippen LogP contribution in [0.3, 0.4) is 0 Å². The van der Waals surface area contributed by atoms with Crippen molar-refractivity contribution < 1.29 is 33.4 Å². The van der Waals surface area contributed by atoms with E-state index in [0.29, 0.717) is 70.4 Å². The Bertz CT molecular complexity index is 2770. The summed E-state index contributed by atoms with van der Waals surface area (Å²) in [5, 5.41) is 10.9. The summed E-state index contributed by atoms with van der Waals surface area (Å²) >= 11 is 1.10. The number of hydrogen-bond donors (Lipinski definition) is 4. The second-order valence-corrected chi connectivity index (χ2v) is 15.3. The molecule has 2 aliphatic heterocycles. The van der Waals surface area contributed by atoms with Crippen LogP contribution in [-0.2, 0) is 18.9 Å². The molecule has 0 bridgehead atoms. The van der Waals surface area contributed by atoms with Gasteiger partial charge in [0.15, 0.2) is 16.6 Å². The van der Waals surface area contributed by atoms with Crippen molar-refractivity contribution in [3.8, 4) is 11.5 Å². The SMILES string of the molecule is C=C1C[C@H]2C=Nc3cc(OCCCC(=O)Nc4nc(C(=O)Nc5cc(C(=O)Nc6cc(C(=O)n7ccc8cc(N)ccc87)n(C)c6)n(C)c5)cs4)c(OC)cc3C(=O)N2C1. The fourth-order valence-corrected chi connectivity index (χ4v) is 7.90. The third-order valence-electron chi connectivity index (χ3n) is 10.2. The molecular weight excluding hydrogens is 789 g/mol. The van der Waals surface area contributed by atoms with E-state index in [2.05, 4.69) is 32.5 Å². The molecule has 17 nitrogen and oxygen atoms in total. The highest BCUT2D eigenvalue weighted by Gasteiger charge is 2.34. The third-order valence-corrected chi connectivity index (χ3v) is 10.9. The molecule has 8 rings (SSSR count). The number of rotatable bonds is 12. The molecule has 0 radical (unpaired) electrons. The quantitative estimate of drug-likeness (QED) is 0.0662. The number of carbonyl (C=O) groups excluding carboxylic acids is 5. The number of methoxy groups -OCH3 is 1. The lowest BCUT2D eigenvalue weighted by molar-refractivity contribution is -0.116. The molecular formula is C42H40N10O7S. The molecule has 1 atom stereocenters. The smallest absolute Gasteiger partial charge is 0.279 e. The van der Waals surface area contributed by atoms with Crippen LogP contribution in [0.2, 0.25) is 0 Å². The van der Waals surface area contributed by atoms with E-state index in [0.717, 1.165) is 22.3 Å². The van der Waals surface area contributed by atoms with Crippen LogP contribution in [0, 0.1) is 0 Å². The number of anilines is 4. The van der Waals surface area contributed by atoms with Gasteiger partial charge in [0.05, 0.1) is 47.9 Å². The largest absolute Gasteiger partial charge is 0.493 e. The fraction of sp³-hybridized carbons (Fsp3) is 0.214. The monoisotopic (exact) mass is 828 g/mol. The molecule has 6 heterocycles. The van der Waals surface area contributed by atoms with Crippen LogP contribution in [0.5, 0.6) is 11.5 Å². The predicted molar refractivity (Wildman–Crippen MR) is 228 cm³/mol. The minimum Gasteiger partial charge on any atom is -0.493 e. The highest BCUT2D eigenvalue weighted by Crippen LogP contribution is 2.38. The number of nitrogens with two attached hydrogens (primary N) is 1. The zero-order valence-corrected chi connectivity index (χ0v) is 33.7. The van der Waals surface area contributed by atoms with Crippen LogP contribution < -0.4 is 31.2 Å². The van der Waals surface area contributed by atoms with Crippen molar-refractivity contribution in [2.45, 2.75) is 25.3 Å². The van der Waals surface area contributed by atoms with Gasteiger partial charge in [0.2, 0.25) is 5.91 Å². The highest BCUT2D eigenvalue weighted by atomic mass is 32.1. The first-order chi connectivity index (χ1) is 28.8. The number of nitrogen functional groups attached to an aromatic ring is 1. The molecule has 2 aliphatic rings. The molecule has 5 N–H and O–H groups in total. The van der Waals surface area contributed by atoms with Gasteiger partial charge in [-0.05, 0) is 55.3 Å². The van der Waals surface area contributed by atoms with Crippen LogP contribution in [0.1, 0.15) is 61.1 Å². The maximum atomic E-state index is 13.4. The maximum Gasteiger partial charge on any atom is 0.279 e. The van der Waals surface area contributed by atoms with Gasteiger partial charge in [0.25, 0.3) is 23.6 Å². The first kappa shape index (κ1) is 39.4. The third kappa shape index (κ3) is 7.87. The number of nitrogens with zero attached hydrogens (tertiary/aromatic N) is 6. The zero-order valence-electron chi connectivity index (χ0n) is 32.9. The number of thiazole rings is 1. The van der Waals surface area contributed by atoms with E-state index >= 15 is 0 Å². The van der Waals surface area contributed by atoms with Gasteiger partial charge in [-0.15, -0.1) is 11.3 Å². The van der Waals surface area contributed by atoms with E-state index in [1.807, 2.05) is 6.07 Å². The lowest BCUT2D eigenvalue weighted by atomic mass is 10.1. The predicted octanol–water partition coefficient (Wildman–Crippen LogP) is 5.84. The lowest BCUT2D eigenvalue weighted by Crippen LogP contribution is -2.35. The molecule has 4 amide bonds. The number of benzene rings is 2. The summed E-state index contributed by atoms with van der Waals surface area (Å²) in [6, 6.07) is 13.4. The molecule has 0 spiro atoms. The number of aliphatic imine (C=N–C) groups is 1. The average molecular weight is 829 g/mol. The summed E-state index contributed by atoms with van der Waals surface area (Å²) in [4.78, 5) is 76.3. The Labute approximate surface area is 347 Å². The highest BCUT2D eigenvalue weighted by molar-refractivity contribution is 7.14. The topological polar surface area (TPSA) is 209 Å². The molecule has 0 unspecified atom stereocenters. The van der Waals surface area contributed by atoms with E-state index in [4.69, 9.17) is 15.2 Å². The van der Waals surface area contributed by atoms with Crippen LogP contribution in [0.25, 0.3) is 10.9 Å². The standard InChI is InChI=1S/C42H40N10O7S/c1-23-12-28-18-44-30-17-36(35(58-4)16-29(30)40(56)52(28)19-23)59-11-5-6-37(53)48-42-47-31(22-60-42)38(54)45-26-14-33(49(2)20-26)39(55)46-27-15-34(50(3)21-27)41(57)51-10-9-24-13-25(43)7-8-32(24)51/h7-10,13-18,20-22,28H,1,5-6,11-12,19,43H2,2-4H3,(H,45,54)(H,46,55)(H,47,48,53)/t28-/m0/s1. The average Bonchev–Trinajstić information content (AvgIpc) is 4.06. The van der Waals surface area contributed by atoms with Crippen LogP contribution in [-0.4, -0.2) is 85.6 Å². The molecule has 1 saturated heterocycles. The first-order valence-electron chi connectivity index (χ1n) is 18.8. The Hall–Kier alpha value is -7.47. The zero-order chi connectivity index (χ0) is 42.2. The summed E-state index contributed by atoms with van der Waals surface area (Å²) in [6.45, 7) is 4.68. The normalized spacial score (nSPS) is 14.4. The summed E-state index contributed by atoms with van der Waals surface area (Å²) < 4.78 is 16.2. The summed E-state index contributed by atoms with van der Waals surface area (Å²) in [5.74, 6) is -0.937. The number of ether oxygens (including phenoxy) is 2. The van der Waals surface area contributed by atoms with Gasteiger partial charge >= 0.3 is 0 Å². The van der Waals surface area contributed by atoms with Gasteiger partial charge in [-0.25, -0.2) is 4.98 Å². The molecule has 0 aliphatic carbocycles. The van der Waals surface area contributed by atoms with Gasteiger partial charge in [0, 0.05) is 74.4 Å². The van der Waals surface area contributed by atoms with E-state index < -0.39 is 11.8 Å². The Morgan fingerprint density at radius 1 is 0.950 bits per heavy atom. The number of aromatic nitrogens is 4. The maximum absolute atomic E-state index is 13.4. The number of amides is 4. The van der Waals surface area contributed by atoms with E-state index in [1.165, 1.54) is 23.1 Å². The first-order valence-corrected chi connectivity index (χ1v) is 19.7. The van der Waals surface area contributed by atoms with Crippen molar-refractivity contribution in [2.75, 3.05) is 41.9 Å². The number of aryl methyl sites for hydroxylation is 2. The van der Waals surface area contributed by atoms with E-state index in [9.17, 15) is 24.0 Å². The number of nitrogens with one attached hydrogen (secondary N) is 3. The van der Waals surface area contributed by atoms with E-state index in [1.54, 1.807) is 89.3 Å². The van der Waals surface area contributed by atoms with Crippen molar-refractivity contribution in [1.82, 2.24) is 23.6 Å². The summed E-state index contributed by atoms with van der Waals surface area (Å²) in [7, 11) is 4.87. The Balaban J connectivity index is 0.820. The van der Waals surface area contributed by atoms with Crippen molar-refractivity contribution in [1.29, 1.82) is 0 Å². The van der Waals surface area contributed by atoms with Gasteiger partial charge in [0.1, 0.15) is 17.1 Å². The van der Waals surface area contributed by atoms with Crippen LogP contribution in [0.15, 0.2) is 89.6 Å². The van der Waals surface area contributed by atoms with Crippen molar-refractivity contribution in [3.63, 3.8) is 0 Å². The molecule has 0 saturated carbocycles.